The molecular formula is C24H29ClN4O3S. The number of benzene rings is 2. The van der Waals surface area contributed by atoms with Crippen LogP contribution in [0.25, 0.3) is 0 Å². The summed E-state index contributed by atoms with van der Waals surface area (Å²) in [6.45, 7) is 8.78. The van der Waals surface area contributed by atoms with E-state index in [-0.39, 0.29) is 22.8 Å². The highest BCUT2D eigenvalue weighted by molar-refractivity contribution is 7.80. The maximum absolute atomic E-state index is 12.6. The van der Waals surface area contributed by atoms with E-state index >= 15 is 0 Å². The van der Waals surface area contributed by atoms with Crippen molar-refractivity contribution in [2.45, 2.75) is 20.8 Å². The first-order chi connectivity index (χ1) is 15.8. The molecule has 7 nitrogen and oxygen atoms in total. The highest BCUT2D eigenvalue weighted by atomic mass is 35.5. The highest BCUT2D eigenvalue weighted by Gasteiger charge is 2.25. The lowest BCUT2D eigenvalue weighted by atomic mass is 10.1. The zero-order chi connectivity index (χ0) is 24.0. The Kier molecular flexibility index (Phi) is 8.52. The number of piperazine rings is 1. The lowest BCUT2D eigenvalue weighted by molar-refractivity contribution is -0.134. The van der Waals surface area contributed by atoms with Crippen LogP contribution in [0.15, 0.2) is 42.5 Å². The lowest BCUT2D eigenvalue weighted by Gasteiger charge is -2.38. The molecule has 1 heterocycles. The van der Waals surface area contributed by atoms with Gasteiger partial charge in [-0.2, -0.15) is 0 Å². The summed E-state index contributed by atoms with van der Waals surface area (Å²) in [7, 11) is 0. The highest BCUT2D eigenvalue weighted by Crippen LogP contribution is 2.34. The normalized spacial score (nSPS) is 13.6. The van der Waals surface area contributed by atoms with Gasteiger partial charge in [-0.15, -0.1) is 0 Å². The van der Waals surface area contributed by atoms with Crippen molar-refractivity contribution in [3.05, 3.63) is 53.1 Å². The number of carbonyl (C=O) groups is 2. The second-order valence-electron chi connectivity index (χ2n) is 7.97. The molecule has 2 aromatic carbocycles. The van der Waals surface area contributed by atoms with Crippen LogP contribution in [-0.2, 0) is 4.79 Å². The van der Waals surface area contributed by atoms with Crippen molar-refractivity contribution in [2.75, 3.05) is 43.0 Å². The van der Waals surface area contributed by atoms with Crippen molar-refractivity contribution in [1.82, 2.24) is 10.2 Å². The molecule has 33 heavy (non-hydrogen) atoms. The summed E-state index contributed by atoms with van der Waals surface area (Å²) < 4.78 is 5.46. The Balaban J connectivity index is 1.68. The molecule has 3 rings (SSSR count). The number of thiocarbonyl (C=S) groups is 1. The summed E-state index contributed by atoms with van der Waals surface area (Å²) in [5.41, 5.74) is 1.94. The zero-order valence-corrected chi connectivity index (χ0v) is 20.6. The van der Waals surface area contributed by atoms with Gasteiger partial charge in [-0.25, -0.2) is 0 Å². The Hall–Kier alpha value is -2.84. The maximum Gasteiger partial charge on any atom is 0.257 e. The molecule has 0 saturated carbocycles. The SMILES string of the molecule is CCOc1cccc(C(=O)NC(=S)Nc2cccc(Cl)c2N2CCN(C(=O)C(C)C)CC2)c1. The van der Waals surface area contributed by atoms with Gasteiger partial charge in [0.1, 0.15) is 5.75 Å². The van der Waals surface area contributed by atoms with E-state index in [2.05, 4.69) is 15.5 Å². The molecule has 1 aliphatic heterocycles. The van der Waals surface area contributed by atoms with E-state index in [4.69, 9.17) is 28.6 Å². The van der Waals surface area contributed by atoms with E-state index in [1.54, 1.807) is 24.3 Å². The van der Waals surface area contributed by atoms with Crippen molar-refractivity contribution < 1.29 is 14.3 Å². The van der Waals surface area contributed by atoms with E-state index in [0.717, 1.165) is 5.69 Å². The van der Waals surface area contributed by atoms with E-state index in [0.29, 0.717) is 54.8 Å². The molecule has 0 radical (unpaired) electrons. The third kappa shape index (κ3) is 6.36. The summed E-state index contributed by atoms with van der Waals surface area (Å²) in [5.74, 6) is 0.420. The molecule has 2 aromatic rings. The predicted octanol–water partition coefficient (Wildman–Crippen LogP) is 4.17. The number of carbonyl (C=O) groups excluding carboxylic acids is 2. The second kappa shape index (κ2) is 11.3. The summed E-state index contributed by atoms with van der Waals surface area (Å²) >= 11 is 11.9. The van der Waals surface area contributed by atoms with Crippen LogP contribution in [0.1, 0.15) is 31.1 Å². The van der Waals surface area contributed by atoms with Gasteiger partial charge in [-0.05, 0) is 49.5 Å². The Morgan fingerprint density at radius 1 is 1.12 bits per heavy atom. The number of rotatable bonds is 6. The first-order valence-corrected chi connectivity index (χ1v) is 11.8. The van der Waals surface area contributed by atoms with Gasteiger partial charge in [-0.3, -0.25) is 14.9 Å². The third-order valence-corrected chi connectivity index (χ3v) is 5.78. The van der Waals surface area contributed by atoms with Crippen LogP contribution >= 0.6 is 23.8 Å². The van der Waals surface area contributed by atoms with Gasteiger partial charge in [0.25, 0.3) is 5.91 Å². The Morgan fingerprint density at radius 3 is 2.48 bits per heavy atom. The average molecular weight is 489 g/mol. The molecule has 0 bridgehead atoms. The van der Waals surface area contributed by atoms with Crippen LogP contribution in [0.4, 0.5) is 11.4 Å². The van der Waals surface area contributed by atoms with E-state index in [9.17, 15) is 9.59 Å². The summed E-state index contributed by atoms with van der Waals surface area (Å²) in [4.78, 5) is 29.0. The van der Waals surface area contributed by atoms with E-state index in [1.165, 1.54) is 0 Å². The monoisotopic (exact) mass is 488 g/mol. The van der Waals surface area contributed by atoms with E-state index < -0.39 is 0 Å². The van der Waals surface area contributed by atoms with Crippen molar-refractivity contribution in [2.24, 2.45) is 5.92 Å². The van der Waals surface area contributed by atoms with Gasteiger partial charge < -0.3 is 19.9 Å². The predicted molar refractivity (Wildman–Crippen MR) is 136 cm³/mol. The Labute approximate surface area is 205 Å². The molecule has 0 atom stereocenters. The van der Waals surface area contributed by atoms with Gasteiger partial charge in [0, 0.05) is 37.7 Å². The fraction of sp³-hybridized carbons (Fsp3) is 0.375. The fourth-order valence-electron chi connectivity index (χ4n) is 3.68. The van der Waals surface area contributed by atoms with Crippen LogP contribution in [0.2, 0.25) is 5.02 Å². The number of para-hydroxylation sites is 1. The van der Waals surface area contributed by atoms with Gasteiger partial charge >= 0.3 is 0 Å². The first kappa shape index (κ1) is 24.8. The van der Waals surface area contributed by atoms with Gasteiger partial charge in [-0.1, -0.05) is 37.6 Å². The van der Waals surface area contributed by atoms with Crippen LogP contribution in [-0.4, -0.2) is 54.6 Å². The van der Waals surface area contributed by atoms with Crippen LogP contribution in [0, 0.1) is 5.92 Å². The molecule has 1 saturated heterocycles. The Morgan fingerprint density at radius 2 is 1.82 bits per heavy atom. The number of ether oxygens (including phenoxy) is 1. The topological polar surface area (TPSA) is 73.9 Å². The first-order valence-electron chi connectivity index (χ1n) is 11.0. The summed E-state index contributed by atoms with van der Waals surface area (Å²) in [6, 6.07) is 12.4. The standard InChI is InChI=1S/C24H29ClN4O3S/c1-4-32-18-8-5-7-17(15-18)22(30)27-24(33)26-20-10-6-9-19(25)21(20)28-11-13-29(14-12-28)23(31)16(2)3/h5-10,15-16H,4,11-14H2,1-3H3,(H2,26,27,30,33). The molecule has 176 valence electrons. The number of nitrogens with one attached hydrogen (secondary N) is 2. The number of amides is 2. The van der Waals surface area contributed by atoms with Crippen LogP contribution < -0.4 is 20.3 Å². The Bertz CT molecular complexity index is 1020. The van der Waals surface area contributed by atoms with Crippen LogP contribution in [0.3, 0.4) is 0 Å². The van der Waals surface area contributed by atoms with Crippen LogP contribution in [0.5, 0.6) is 5.75 Å². The number of halogens is 1. The molecule has 0 aromatic heterocycles. The fourth-order valence-corrected chi connectivity index (χ4v) is 4.17. The largest absolute Gasteiger partial charge is 0.494 e. The van der Waals surface area contributed by atoms with Crippen molar-refractivity contribution in [3.63, 3.8) is 0 Å². The van der Waals surface area contributed by atoms with Gasteiger partial charge in [0.2, 0.25) is 5.91 Å². The molecule has 0 spiro atoms. The minimum absolute atomic E-state index is 0.0238. The van der Waals surface area contributed by atoms with E-state index in [1.807, 2.05) is 43.9 Å². The zero-order valence-electron chi connectivity index (χ0n) is 19.1. The number of hydrogen-bond acceptors (Lipinski definition) is 5. The number of anilines is 2. The smallest absolute Gasteiger partial charge is 0.257 e. The molecule has 0 unspecified atom stereocenters. The minimum Gasteiger partial charge on any atom is -0.494 e. The third-order valence-electron chi connectivity index (χ3n) is 5.27. The van der Waals surface area contributed by atoms with Crippen molar-refractivity contribution >= 4 is 52.1 Å². The molecular weight excluding hydrogens is 460 g/mol. The minimum atomic E-state index is -0.335. The summed E-state index contributed by atoms with van der Waals surface area (Å²) in [5, 5.41) is 6.55. The van der Waals surface area contributed by atoms with Gasteiger partial charge in [0.15, 0.2) is 5.11 Å². The molecule has 2 N–H and O–H groups in total. The molecule has 9 heteroatoms. The second-order valence-corrected chi connectivity index (χ2v) is 8.79. The molecule has 0 aliphatic carbocycles. The maximum atomic E-state index is 12.6. The summed E-state index contributed by atoms with van der Waals surface area (Å²) in [6.07, 6.45) is 0. The average Bonchev–Trinajstić information content (AvgIpc) is 2.79. The molecule has 1 aliphatic rings. The van der Waals surface area contributed by atoms with Crippen molar-refractivity contribution in [1.29, 1.82) is 0 Å². The van der Waals surface area contributed by atoms with Crippen molar-refractivity contribution in [3.8, 4) is 5.75 Å². The lowest BCUT2D eigenvalue weighted by Crippen LogP contribution is -2.50. The number of nitrogens with zero attached hydrogens (tertiary/aromatic N) is 2. The molecule has 1 fully saturated rings. The van der Waals surface area contributed by atoms with Gasteiger partial charge in [0.05, 0.1) is 23.0 Å². The quantitative estimate of drug-likeness (QED) is 0.594. The molecule has 2 amide bonds. The number of hydrogen-bond donors (Lipinski definition) is 2.